The minimum absolute atomic E-state index is 0.00776. The van der Waals surface area contributed by atoms with Crippen LogP contribution in [-0.4, -0.2) is 23.9 Å². The molecule has 0 radical (unpaired) electrons. The molecule has 0 bridgehead atoms. The van der Waals surface area contributed by atoms with Crippen molar-refractivity contribution < 1.29 is 18.0 Å². The molecule has 200 valence electrons. The van der Waals surface area contributed by atoms with Gasteiger partial charge in [0.1, 0.15) is 5.82 Å². The third kappa shape index (κ3) is 6.21. The van der Waals surface area contributed by atoms with Gasteiger partial charge >= 0.3 is 6.18 Å². The maximum absolute atomic E-state index is 13.7. The fraction of sp³-hybridized carbons (Fsp3) is 0.200. The summed E-state index contributed by atoms with van der Waals surface area (Å²) >= 11 is 12.3. The third-order valence-corrected chi connectivity index (χ3v) is 7.32. The van der Waals surface area contributed by atoms with Crippen molar-refractivity contribution in [2.75, 3.05) is 23.3 Å². The molecular weight excluding hydrogens is 546 g/mol. The van der Waals surface area contributed by atoms with Crippen LogP contribution in [-0.2, 0) is 19.1 Å². The highest BCUT2D eigenvalue weighted by molar-refractivity contribution is 6.31. The van der Waals surface area contributed by atoms with Gasteiger partial charge in [0.25, 0.3) is 0 Å². The van der Waals surface area contributed by atoms with Crippen LogP contribution >= 0.6 is 23.2 Å². The molecule has 2 heterocycles. The first-order chi connectivity index (χ1) is 18.7. The summed E-state index contributed by atoms with van der Waals surface area (Å²) in [6, 6.07) is 20.3. The quantitative estimate of drug-likeness (QED) is 0.227. The molecule has 0 saturated heterocycles. The van der Waals surface area contributed by atoms with E-state index in [1.807, 2.05) is 47.4 Å². The van der Waals surface area contributed by atoms with Gasteiger partial charge in [-0.25, -0.2) is 4.98 Å². The first-order valence-electron chi connectivity index (χ1n) is 12.4. The van der Waals surface area contributed by atoms with E-state index in [-0.39, 0.29) is 22.9 Å². The van der Waals surface area contributed by atoms with Crippen LogP contribution in [0.25, 0.3) is 11.1 Å². The second-order valence-electron chi connectivity index (χ2n) is 9.33. The van der Waals surface area contributed by atoms with Crippen molar-refractivity contribution in [2.45, 2.75) is 25.6 Å². The van der Waals surface area contributed by atoms with Crippen molar-refractivity contribution in [1.82, 2.24) is 4.98 Å². The van der Waals surface area contributed by atoms with Crippen LogP contribution < -0.4 is 10.2 Å². The molecule has 9 heteroatoms. The Morgan fingerprint density at radius 2 is 1.77 bits per heavy atom. The van der Waals surface area contributed by atoms with Crippen LogP contribution in [0.5, 0.6) is 0 Å². The van der Waals surface area contributed by atoms with Gasteiger partial charge in [-0.3, -0.25) is 4.79 Å². The lowest BCUT2D eigenvalue weighted by atomic mass is 9.98. The van der Waals surface area contributed by atoms with Gasteiger partial charge in [-0.15, -0.1) is 0 Å². The Kier molecular flexibility index (Phi) is 7.82. The lowest BCUT2D eigenvalue weighted by Crippen LogP contribution is -2.34. The maximum Gasteiger partial charge on any atom is 0.416 e. The molecule has 1 N–H and O–H groups in total. The number of rotatable bonds is 7. The van der Waals surface area contributed by atoms with Crippen molar-refractivity contribution in [3.8, 4) is 11.1 Å². The molecule has 0 spiro atoms. The minimum Gasteiger partial charge on any atom is -0.367 e. The average molecular weight is 570 g/mol. The highest BCUT2D eigenvalue weighted by Gasteiger charge is 2.34. The predicted molar refractivity (Wildman–Crippen MR) is 150 cm³/mol. The maximum atomic E-state index is 13.7. The molecule has 4 aromatic rings. The molecule has 0 atom stereocenters. The van der Waals surface area contributed by atoms with Gasteiger partial charge in [0.05, 0.1) is 11.3 Å². The lowest BCUT2D eigenvalue weighted by molar-refractivity contribution is -0.138. The highest BCUT2D eigenvalue weighted by Crippen LogP contribution is 2.37. The second kappa shape index (κ2) is 11.3. The summed E-state index contributed by atoms with van der Waals surface area (Å²) in [6.45, 7) is 1.05. The molecule has 1 aliphatic heterocycles. The monoisotopic (exact) mass is 569 g/mol. The van der Waals surface area contributed by atoms with Crippen molar-refractivity contribution >= 4 is 40.5 Å². The predicted octanol–water partition coefficient (Wildman–Crippen LogP) is 8.32. The molecule has 0 saturated carbocycles. The van der Waals surface area contributed by atoms with Gasteiger partial charge in [-0.05, 0) is 59.5 Å². The Balaban J connectivity index is 1.40. The van der Waals surface area contributed by atoms with Crippen LogP contribution in [0.15, 0.2) is 79.0 Å². The smallest absolute Gasteiger partial charge is 0.367 e. The van der Waals surface area contributed by atoms with Gasteiger partial charge in [0.15, 0.2) is 5.78 Å². The van der Waals surface area contributed by atoms with Gasteiger partial charge in [0, 0.05) is 53.4 Å². The number of carbonyl (C=O) groups is 1. The molecular formula is C30H24Cl2F3N3O. The average Bonchev–Trinajstić information content (AvgIpc) is 2.92. The largest absolute Gasteiger partial charge is 0.416 e. The van der Waals surface area contributed by atoms with E-state index in [0.29, 0.717) is 48.0 Å². The Bertz CT molecular complexity index is 1520. The van der Waals surface area contributed by atoms with Crippen LogP contribution in [0.4, 0.5) is 24.7 Å². The van der Waals surface area contributed by atoms with E-state index in [0.717, 1.165) is 22.8 Å². The Morgan fingerprint density at radius 1 is 0.949 bits per heavy atom. The number of hydrogen-bond donors (Lipinski definition) is 1. The Hall–Kier alpha value is -3.55. The standard InChI is InChI=1S/C30H24Cl2F3N3O/c31-24-9-10-25(30(33,34)35)23(15-24)18-38-13-12-36-29-27(38)16-22(17-37-29)20-5-3-6-21(14-20)28(39)11-8-19-4-1-2-7-26(19)32/h1-7,9-10,14-17H,8,11-13,18H2,(H,36,37). The molecule has 0 aliphatic carbocycles. The molecule has 4 nitrogen and oxygen atoms in total. The van der Waals surface area contributed by atoms with Crippen molar-refractivity contribution in [3.05, 3.63) is 111 Å². The van der Waals surface area contributed by atoms with Crippen LogP contribution in [0.3, 0.4) is 0 Å². The highest BCUT2D eigenvalue weighted by atomic mass is 35.5. The number of aromatic nitrogens is 1. The number of benzene rings is 3. The number of ketones is 1. The molecule has 5 rings (SSSR count). The summed E-state index contributed by atoms with van der Waals surface area (Å²) < 4.78 is 41.0. The summed E-state index contributed by atoms with van der Waals surface area (Å²) in [7, 11) is 0. The molecule has 0 fully saturated rings. The van der Waals surface area contributed by atoms with Gasteiger partial charge in [-0.2, -0.15) is 13.2 Å². The summed E-state index contributed by atoms with van der Waals surface area (Å²) in [6.07, 6.45) is -1.94. The molecule has 1 aromatic heterocycles. The molecule has 1 aliphatic rings. The van der Waals surface area contributed by atoms with Crippen LogP contribution in [0.1, 0.15) is 33.5 Å². The van der Waals surface area contributed by atoms with E-state index in [9.17, 15) is 18.0 Å². The zero-order chi connectivity index (χ0) is 27.6. The van der Waals surface area contributed by atoms with E-state index in [1.54, 1.807) is 18.3 Å². The third-order valence-electron chi connectivity index (χ3n) is 6.71. The van der Waals surface area contributed by atoms with Crippen LogP contribution in [0, 0.1) is 0 Å². The number of halogens is 5. The van der Waals surface area contributed by atoms with E-state index < -0.39 is 11.7 Å². The Morgan fingerprint density at radius 3 is 2.56 bits per heavy atom. The number of alkyl halides is 3. The number of anilines is 2. The summed E-state index contributed by atoms with van der Waals surface area (Å²) in [4.78, 5) is 19.4. The fourth-order valence-corrected chi connectivity index (χ4v) is 5.15. The lowest BCUT2D eigenvalue weighted by Gasteiger charge is -2.32. The Labute approximate surface area is 234 Å². The molecule has 3 aromatic carbocycles. The van der Waals surface area contributed by atoms with Crippen molar-refractivity contribution in [3.63, 3.8) is 0 Å². The number of hydrogen-bond acceptors (Lipinski definition) is 4. The second-order valence-corrected chi connectivity index (χ2v) is 10.2. The summed E-state index contributed by atoms with van der Waals surface area (Å²) in [5.41, 5.74) is 3.11. The van der Waals surface area contributed by atoms with E-state index in [4.69, 9.17) is 23.2 Å². The van der Waals surface area contributed by atoms with Gasteiger partial charge in [-0.1, -0.05) is 59.6 Å². The van der Waals surface area contributed by atoms with E-state index in [1.165, 1.54) is 12.1 Å². The zero-order valence-electron chi connectivity index (χ0n) is 20.7. The van der Waals surface area contributed by atoms with Crippen LogP contribution in [0.2, 0.25) is 10.0 Å². The minimum atomic E-state index is -4.49. The first kappa shape index (κ1) is 27.0. The topological polar surface area (TPSA) is 45.2 Å². The number of fused-ring (bicyclic) bond motifs is 1. The summed E-state index contributed by atoms with van der Waals surface area (Å²) in [5, 5.41) is 4.10. The number of Topliss-reactive ketones (excluding diaryl/α,β-unsaturated/α-hetero) is 1. The van der Waals surface area contributed by atoms with Crippen molar-refractivity contribution in [1.29, 1.82) is 0 Å². The number of nitrogens with zero attached hydrogens (tertiary/aromatic N) is 2. The van der Waals surface area contributed by atoms with Gasteiger partial charge in [0.2, 0.25) is 0 Å². The van der Waals surface area contributed by atoms with Gasteiger partial charge < -0.3 is 10.2 Å². The first-order valence-corrected chi connectivity index (χ1v) is 13.2. The summed E-state index contributed by atoms with van der Waals surface area (Å²) in [5.74, 6) is 0.583. The number of carbonyl (C=O) groups excluding carboxylic acids is 1. The molecule has 39 heavy (non-hydrogen) atoms. The SMILES string of the molecule is O=C(CCc1ccccc1Cl)c1cccc(-c2cnc3c(c2)N(Cc2cc(Cl)ccc2C(F)(F)F)CCN3)c1. The molecule has 0 unspecified atom stereocenters. The number of pyridine rings is 1. The van der Waals surface area contributed by atoms with E-state index in [2.05, 4.69) is 10.3 Å². The van der Waals surface area contributed by atoms with Crippen molar-refractivity contribution in [2.24, 2.45) is 0 Å². The number of nitrogens with one attached hydrogen (secondary N) is 1. The van der Waals surface area contributed by atoms with E-state index >= 15 is 0 Å². The zero-order valence-corrected chi connectivity index (χ0v) is 22.2. The fourth-order valence-electron chi connectivity index (χ4n) is 4.72. The number of aryl methyl sites for hydroxylation is 1. The normalized spacial score (nSPS) is 13.1. The molecule has 0 amide bonds.